The van der Waals surface area contributed by atoms with Crippen molar-refractivity contribution in [3.63, 3.8) is 0 Å². The molecule has 0 saturated heterocycles. The molecule has 0 spiro atoms. The van der Waals surface area contributed by atoms with Crippen LogP contribution in [0.5, 0.6) is 0 Å². The van der Waals surface area contributed by atoms with Crippen molar-refractivity contribution in [2.24, 2.45) is 11.8 Å². The monoisotopic (exact) mass is 471 g/mol. The number of aryl methyl sites for hydroxylation is 1. The number of hydrogen-bond donors (Lipinski definition) is 3. The Morgan fingerprint density at radius 1 is 1.00 bits per heavy atom. The largest absolute Gasteiger partial charge is 0.481 e. The topological polar surface area (TPSA) is 81.7 Å². The van der Waals surface area contributed by atoms with E-state index >= 15 is 4.39 Å². The average Bonchev–Trinajstić information content (AvgIpc) is 2.73. The van der Waals surface area contributed by atoms with Crippen molar-refractivity contribution in [3.8, 4) is 0 Å². The highest BCUT2D eigenvalue weighted by Gasteiger charge is 2.23. The fraction of sp³-hybridized carbons (Fsp3) is 0.481. The summed E-state index contributed by atoms with van der Waals surface area (Å²) in [6.07, 6.45) is 0.294. The van der Waals surface area contributed by atoms with Gasteiger partial charge in [-0.1, -0.05) is 52.3 Å². The minimum atomic E-state index is -0.983. The van der Waals surface area contributed by atoms with Crippen LogP contribution in [-0.4, -0.2) is 30.2 Å². The van der Waals surface area contributed by atoms with Crippen molar-refractivity contribution < 1.29 is 19.1 Å². The molecule has 0 fully saturated rings. The summed E-state index contributed by atoms with van der Waals surface area (Å²) >= 11 is 0. The molecular formula is C27H38FN3O3. The number of benzene rings is 2. The molecule has 0 saturated carbocycles. The fourth-order valence-corrected chi connectivity index (χ4v) is 4.01. The van der Waals surface area contributed by atoms with Crippen LogP contribution in [0.25, 0.3) is 0 Å². The van der Waals surface area contributed by atoms with Gasteiger partial charge in [-0.2, -0.15) is 0 Å². The van der Waals surface area contributed by atoms with Crippen LogP contribution in [0.15, 0.2) is 36.4 Å². The molecule has 0 bridgehead atoms. The predicted molar refractivity (Wildman–Crippen MR) is 137 cm³/mol. The zero-order valence-corrected chi connectivity index (χ0v) is 21.1. The number of halogens is 1. The van der Waals surface area contributed by atoms with E-state index in [2.05, 4.69) is 43.2 Å². The van der Waals surface area contributed by atoms with Gasteiger partial charge in [0.1, 0.15) is 5.82 Å². The van der Waals surface area contributed by atoms with Gasteiger partial charge in [0, 0.05) is 18.8 Å². The first-order chi connectivity index (χ1) is 16.0. The van der Waals surface area contributed by atoms with E-state index in [1.54, 1.807) is 6.07 Å². The van der Waals surface area contributed by atoms with Crippen LogP contribution in [0.2, 0.25) is 0 Å². The molecule has 7 heteroatoms. The highest BCUT2D eigenvalue weighted by atomic mass is 19.1. The number of aliphatic carboxylic acids is 1. The zero-order valence-electron chi connectivity index (χ0n) is 21.1. The van der Waals surface area contributed by atoms with E-state index in [0.717, 1.165) is 5.56 Å². The van der Waals surface area contributed by atoms with E-state index in [-0.39, 0.29) is 6.42 Å². The van der Waals surface area contributed by atoms with Gasteiger partial charge in [0.05, 0.1) is 17.8 Å². The number of carbonyl (C=O) groups is 2. The summed E-state index contributed by atoms with van der Waals surface area (Å²) in [6.45, 7) is 13.6. The molecular weight excluding hydrogens is 433 g/mol. The SMILES string of the molecule is CCC(CC(=O)O)c1cc(NC(=O)Nc2ccc(C)cc2)c(N(CC(C)C)CC(C)C)cc1F. The Balaban J connectivity index is 2.49. The number of carboxylic acid groups (broad SMARTS) is 1. The smallest absolute Gasteiger partial charge is 0.323 e. The van der Waals surface area contributed by atoms with E-state index < -0.39 is 23.7 Å². The molecule has 34 heavy (non-hydrogen) atoms. The van der Waals surface area contributed by atoms with Crippen molar-refractivity contribution in [1.82, 2.24) is 0 Å². The van der Waals surface area contributed by atoms with Gasteiger partial charge in [-0.25, -0.2) is 9.18 Å². The number of carboxylic acids is 1. The van der Waals surface area contributed by atoms with E-state index in [0.29, 0.717) is 54.0 Å². The minimum Gasteiger partial charge on any atom is -0.481 e. The molecule has 1 unspecified atom stereocenters. The average molecular weight is 472 g/mol. The Kier molecular flexibility index (Phi) is 9.90. The number of anilines is 3. The molecule has 0 aliphatic heterocycles. The number of rotatable bonds is 11. The van der Waals surface area contributed by atoms with Gasteiger partial charge in [0.25, 0.3) is 0 Å². The van der Waals surface area contributed by atoms with Crippen molar-refractivity contribution in [3.05, 3.63) is 53.3 Å². The number of nitrogens with zero attached hydrogens (tertiary/aromatic N) is 1. The van der Waals surface area contributed by atoms with Crippen molar-refractivity contribution in [2.45, 2.75) is 60.3 Å². The number of urea groups is 1. The molecule has 0 heterocycles. The Labute approximate surface area is 202 Å². The molecule has 2 aromatic rings. The third-order valence-electron chi connectivity index (χ3n) is 5.54. The van der Waals surface area contributed by atoms with Crippen LogP contribution in [0.4, 0.5) is 26.2 Å². The Bertz CT molecular complexity index is 964. The number of amides is 2. The maximum atomic E-state index is 15.3. The summed E-state index contributed by atoms with van der Waals surface area (Å²) in [6, 6.07) is 10.0. The standard InChI is InChI=1S/C27H38FN3O3/c1-7-20(12-26(32)33)22-13-24(30-27(34)29-21-10-8-19(6)9-11-21)25(14-23(22)28)31(15-17(2)3)16-18(4)5/h8-11,13-14,17-18,20H,7,12,15-16H2,1-6H3,(H,32,33)(H2,29,30,34). The number of carbonyl (C=O) groups excluding carboxylic acids is 1. The third kappa shape index (κ3) is 8.04. The van der Waals surface area contributed by atoms with Crippen LogP contribution in [0.3, 0.4) is 0 Å². The number of hydrogen-bond acceptors (Lipinski definition) is 3. The first-order valence-corrected chi connectivity index (χ1v) is 11.9. The first kappa shape index (κ1) is 27.2. The van der Waals surface area contributed by atoms with Gasteiger partial charge in [0.2, 0.25) is 0 Å². The fourth-order valence-electron chi connectivity index (χ4n) is 4.01. The van der Waals surface area contributed by atoms with Gasteiger partial charge < -0.3 is 20.6 Å². The summed E-state index contributed by atoms with van der Waals surface area (Å²) in [7, 11) is 0. The minimum absolute atomic E-state index is 0.177. The van der Waals surface area contributed by atoms with Gasteiger partial charge in [-0.15, -0.1) is 0 Å². The molecule has 1 atom stereocenters. The summed E-state index contributed by atoms with van der Waals surface area (Å²) in [5, 5.41) is 15.0. The molecule has 0 aliphatic carbocycles. The van der Waals surface area contributed by atoms with Crippen molar-refractivity contribution in [2.75, 3.05) is 28.6 Å². The summed E-state index contributed by atoms with van der Waals surface area (Å²) in [4.78, 5) is 26.3. The van der Waals surface area contributed by atoms with Gasteiger partial charge in [-0.3, -0.25) is 4.79 Å². The lowest BCUT2D eigenvalue weighted by Gasteiger charge is -2.31. The van der Waals surface area contributed by atoms with Crippen LogP contribution in [-0.2, 0) is 4.79 Å². The number of nitrogens with one attached hydrogen (secondary N) is 2. The van der Waals surface area contributed by atoms with Crippen molar-refractivity contribution in [1.29, 1.82) is 0 Å². The molecule has 2 rings (SSSR count). The molecule has 0 radical (unpaired) electrons. The summed E-state index contributed by atoms with van der Waals surface area (Å²) in [5.41, 5.74) is 3.08. The highest BCUT2D eigenvalue weighted by molar-refractivity contribution is 6.02. The zero-order chi connectivity index (χ0) is 25.4. The third-order valence-corrected chi connectivity index (χ3v) is 5.54. The van der Waals surface area contributed by atoms with E-state index in [9.17, 15) is 14.7 Å². The maximum absolute atomic E-state index is 15.3. The summed E-state index contributed by atoms with van der Waals surface area (Å²) < 4.78 is 15.3. The lowest BCUT2D eigenvalue weighted by Crippen LogP contribution is -2.33. The van der Waals surface area contributed by atoms with Crippen LogP contribution < -0.4 is 15.5 Å². The Morgan fingerprint density at radius 3 is 2.09 bits per heavy atom. The lowest BCUT2D eigenvalue weighted by atomic mass is 9.91. The Morgan fingerprint density at radius 2 is 1.59 bits per heavy atom. The molecule has 186 valence electrons. The van der Waals surface area contributed by atoms with Crippen molar-refractivity contribution >= 4 is 29.1 Å². The second-order valence-electron chi connectivity index (χ2n) is 9.73. The summed E-state index contributed by atoms with van der Waals surface area (Å²) in [5.74, 6) is -1.28. The predicted octanol–water partition coefficient (Wildman–Crippen LogP) is 6.86. The molecule has 3 N–H and O–H groups in total. The second kappa shape index (κ2) is 12.4. The molecule has 0 aliphatic rings. The van der Waals surface area contributed by atoms with Gasteiger partial charge >= 0.3 is 12.0 Å². The molecule has 2 amide bonds. The Hall–Kier alpha value is -3.09. The quantitative estimate of drug-likeness (QED) is 0.334. The van der Waals surface area contributed by atoms with Crippen LogP contribution in [0, 0.1) is 24.6 Å². The molecule has 0 aromatic heterocycles. The molecule has 2 aromatic carbocycles. The van der Waals surface area contributed by atoms with E-state index in [4.69, 9.17) is 0 Å². The molecule has 6 nitrogen and oxygen atoms in total. The first-order valence-electron chi connectivity index (χ1n) is 11.9. The van der Waals surface area contributed by atoms with Crippen LogP contribution >= 0.6 is 0 Å². The van der Waals surface area contributed by atoms with Crippen LogP contribution in [0.1, 0.15) is 64.5 Å². The van der Waals surface area contributed by atoms with Gasteiger partial charge in [-0.05, 0) is 60.9 Å². The lowest BCUT2D eigenvalue weighted by molar-refractivity contribution is -0.137. The second-order valence-corrected chi connectivity index (χ2v) is 9.73. The normalized spacial score (nSPS) is 12.0. The maximum Gasteiger partial charge on any atom is 0.323 e. The van der Waals surface area contributed by atoms with Gasteiger partial charge in [0.15, 0.2) is 0 Å². The highest BCUT2D eigenvalue weighted by Crippen LogP contribution is 2.36. The van der Waals surface area contributed by atoms with E-state index in [1.165, 1.54) is 6.07 Å². The van der Waals surface area contributed by atoms with E-state index in [1.807, 2.05) is 38.1 Å².